The van der Waals surface area contributed by atoms with Gasteiger partial charge in [-0.05, 0) is 42.8 Å². The van der Waals surface area contributed by atoms with Crippen molar-refractivity contribution in [2.24, 2.45) is 0 Å². The van der Waals surface area contributed by atoms with Gasteiger partial charge in [0.25, 0.3) is 0 Å². The quantitative estimate of drug-likeness (QED) is 0.766. The highest BCUT2D eigenvalue weighted by atomic mass is 35.5. The van der Waals surface area contributed by atoms with Gasteiger partial charge in [0, 0.05) is 11.4 Å². The van der Waals surface area contributed by atoms with Crippen LogP contribution in [0.4, 0.5) is 16.2 Å². The lowest BCUT2D eigenvalue weighted by molar-refractivity contribution is 0.199. The summed E-state index contributed by atoms with van der Waals surface area (Å²) in [6, 6.07) is 11.4. The second kappa shape index (κ2) is 6.80. The standard InChI is InChI=1S/C15H14Cl2N2O2/c1-9(20)10-3-2-4-11(7-10)18-15(21)19-12-5-6-13(16)14(17)8-12/h2-9,20H,1H3,(H2,18,19,21)/t9-/m1/s1. The van der Waals surface area contributed by atoms with Crippen molar-refractivity contribution < 1.29 is 9.90 Å². The van der Waals surface area contributed by atoms with Crippen molar-refractivity contribution in [2.75, 3.05) is 10.6 Å². The van der Waals surface area contributed by atoms with Crippen LogP contribution in [0.1, 0.15) is 18.6 Å². The number of aliphatic hydroxyl groups is 1. The van der Waals surface area contributed by atoms with E-state index >= 15 is 0 Å². The molecule has 2 aromatic rings. The summed E-state index contributed by atoms with van der Waals surface area (Å²) in [4.78, 5) is 11.9. The highest BCUT2D eigenvalue weighted by molar-refractivity contribution is 6.42. The lowest BCUT2D eigenvalue weighted by atomic mass is 10.1. The van der Waals surface area contributed by atoms with Crippen LogP contribution in [-0.2, 0) is 0 Å². The Morgan fingerprint density at radius 3 is 2.33 bits per heavy atom. The molecule has 110 valence electrons. The first-order valence-electron chi connectivity index (χ1n) is 6.27. The van der Waals surface area contributed by atoms with Gasteiger partial charge < -0.3 is 15.7 Å². The summed E-state index contributed by atoms with van der Waals surface area (Å²) in [5.41, 5.74) is 1.85. The molecule has 0 fully saturated rings. The zero-order valence-corrected chi connectivity index (χ0v) is 12.7. The number of benzene rings is 2. The van der Waals surface area contributed by atoms with Crippen LogP contribution in [0.2, 0.25) is 10.0 Å². The predicted molar refractivity (Wildman–Crippen MR) is 86.2 cm³/mol. The van der Waals surface area contributed by atoms with E-state index in [0.29, 0.717) is 21.4 Å². The Labute approximate surface area is 132 Å². The third-order valence-electron chi connectivity index (χ3n) is 2.80. The molecule has 0 bridgehead atoms. The second-order valence-electron chi connectivity index (χ2n) is 4.51. The molecule has 0 radical (unpaired) electrons. The maximum atomic E-state index is 11.9. The Kier molecular flexibility index (Phi) is 5.07. The number of rotatable bonds is 3. The lowest BCUT2D eigenvalue weighted by Crippen LogP contribution is -2.19. The lowest BCUT2D eigenvalue weighted by Gasteiger charge is -2.10. The molecule has 0 aromatic heterocycles. The minimum Gasteiger partial charge on any atom is -0.389 e. The number of carbonyl (C=O) groups is 1. The molecular formula is C15H14Cl2N2O2. The molecule has 0 aliphatic carbocycles. The summed E-state index contributed by atoms with van der Waals surface area (Å²) in [6.07, 6.45) is -0.593. The molecule has 21 heavy (non-hydrogen) atoms. The van der Waals surface area contributed by atoms with Crippen LogP contribution >= 0.6 is 23.2 Å². The summed E-state index contributed by atoms with van der Waals surface area (Å²) in [7, 11) is 0. The van der Waals surface area contributed by atoms with Gasteiger partial charge in [-0.15, -0.1) is 0 Å². The number of urea groups is 1. The molecule has 4 nitrogen and oxygen atoms in total. The molecular weight excluding hydrogens is 311 g/mol. The Hall–Kier alpha value is -1.75. The van der Waals surface area contributed by atoms with Gasteiger partial charge in [0.1, 0.15) is 0 Å². The smallest absolute Gasteiger partial charge is 0.323 e. The summed E-state index contributed by atoms with van der Waals surface area (Å²) in [5, 5.41) is 15.6. The number of aliphatic hydroxyl groups excluding tert-OH is 1. The molecule has 2 aromatic carbocycles. The minimum atomic E-state index is -0.593. The fraction of sp³-hybridized carbons (Fsp3) is 0.133. The first kappa shape index (κ1) is 15.6. The van der Waals surface area contributed by atoms with Gasteiger partial charge in [0.2, 0.25) is 0 Å². The van der Waals surface area contributed by atoms with Gasteiger partial charge >= 0.3 is 6.03 Å². The number of amides is 2. The van der Waals surface area contributed by atoms with Crippen LogP contribution in [0.15, 0.2) is 42.5 Å². The first-order valence-corrected chi connectivity index (χ1v) is 7.02. The molecule has 0 spiro atoms. The first-order chi connectivity index (χ1) is 9.95. The maximum absolute atomic E-state index is 11.9. The largest absolute Gasteiger partial charge is 0.389 e. The molecule has 0 unspecified atom stereocenters. The van der Waals surface area contributed by atoms with Crippen molar-refractivity contribution >= 4 is 40.6 Å². The van der Waals surface area contributed by atoms with Crippen LogP contribution in [0.25, 0.3) is 0 Å². The third kappa shape index (κ3) is 4.36. The minimum absolute atomic E-state index is 0.366. The van der Waals surface area contributed by atoms with Gasteiger partial charge in [-0.3, -0.25) is 0 Å². The van der Waals surface area contributed by atoms with E-state index in [-0.39, 0.29) is 0 Å². The van der Waals surface area contributed by atoms with Crippen molar-refractivity contribution in [3.05, 3.63) is 58.1 Å². The van der Waals surface area contributed by atoms with Crippen LogP contribution < -0.4 is 10.6 Å². The summed E-state index contributed by atoms with van der Waals surface area (Å²) in [6.45, 7) is 1.66. The van der Waals surface area contributed by atoms with E-state index in [0.717, 1.165) is 5.56 Å². The second-order valence-corrected chi connectivity index (χ2v) is 5.32. The average Bonchev–Trinajstić information content (AvgIpc) is 2.43. The average molecular weight is 325 g/mol. The monoisotopic (exact) mass is 324 g/mol. The van der Waals surface area contributed by atoms with Gasteiger partial charge in [-0.2, -0.15) is 0 Å². The fourth-order valence-electron chi connectivity index (χ4n) is 1.74. The molecule has 1 atom stereocenters. The fourth-order valence-corrected chi connectivity index (χ4v) is 2.04. The van der Waals surface area contributed by atoms with Crippen LogP contribution in [0.3, 0.4) is 0 Å². The summed E-state index contributed by atoms with van der Waals surface area (Å²) < 4.78 is 0. The van der Waals surface area contributed by atoms with Crippen LogP contribution in [0, 0.1) is 0 Å². The van der Waals surface area contributed by atoms with Crippen molar-refractivity contribution in [1.82, 2.24) is 0 Å². The molecule has 0 aliphatic rings. The van der Waals surface area contributed by atoms with Gasteiger partial charge in [0.15, 0.2) is 0 Å². The van der Waals surface area contributed by atoms with E-state index < -0.39 is 12.1 Å². The van der Waals surface area contributed by atoms with E-state index in [2.05, 4.69) is 10.6 Å². The molecule has 0 saturated carbocycles. The zero-order chi connectivity index (χ0) is 15.4. The molecule has 0 heterocycles. The Morgan fingerprint density at radius 1 is 1.05 bits per heavy atom. The van der Waals surface area contributed by atoms with Crippen LogP contribution in [-0.4, -0.2) is 11.1 Å². The predicted octanol–water partition coefficient (Wildman–Crippen LogP) is 4.69. The Morgan fingerprint density at radius 2 is 1.71 bits per heavy atom. The van der Waals surface area contributed by atoms with Crippen molar-refractivity contribution in [1.29, 1.82) is 0 Å². The molecule has 2 rings (SSSR count). The summed E-state index contributed by atoms with van der Waals surface area (Å²) >= 11 is 11.7. The highest BCUT2D eigenvalue weighted by Crippen LogP contribution is 2.25. The normalized spacial score (nSPS) is 11.8. The van der Waals surface area contributed by atoms with E-state index in [9.17, 15) is 9.90 Å². The molecule has 0 saturated heterocycles. The van der Waals surface area contributed by atoms with Gasteiger partial charge in [0.05, 0.1) is 16.1 Å². The Bertz CT molecular complexity index is 660. The Balaban J connectivity index is 2.04. The molecule has 2 amide bonds. The third-order valence-corrected chi connectivity index (χ3v) is 3.54. The zero-order valence-electron chi connectivity index (χ0n) is 11.2. The number of carbonyl (C=O) groups excluding carboxylic acids is 1. The maximum Gasteiger partial charge on any atom is 0.323 e. The van der Waals surface area contributed by atoms with E-state index in [1.54, 1.807) is 49.4 Å². The number of nitrogens with one attached hydrogen (secondary N) is 2. The van der Waals surface area contributed by atoms with Crippen LogP contribution in [0.5, 0.6) is 0 Å². The van der Waals surface area contributed by atoms with E-state index in [1.165, 1.54) is 0 Å². The highest BCUT2D eigenvalue weighted by Gasteiger charge is 2.06. The van der Waals surface area contributed by atoms with E-state index in [1.807, 2.05) is 0 Å². The topological polar surface area (TPSA) is 61.4 Å². The number of anilines is 2. The van der Waals surface area contributed by atoms with Gasteiger partial charge in [-0.25, -0.2) is 4.79 Å². The van der Waals surface area contributed by atoms with Crippen molar-refractivity contribution in [3.63, 3.8) is 0 Å². The summed E-state index contributed by atoms with van der Waals surface area (Å²) in [5.74, 6) is 0. The number of hydrogen-bond acceptors (Lipinski definition) is 2. The molecule has 6 heteroatoms. The molecule has 3 N–H and O–H groups in total. The van der Waals surface area contributed by atoms with Gasteiger partial charge in [-0.1, -0.05) is 35.3 Å². The van der Waals surface area contributed by atoms with Crippen molar-refractivity contribution in [3.8, 4) is 0 Å². The molecule has 0 aliphatic heterocycles. The number of halogens is 2. The van der Waals surface area contributed by atoms with Crippen molar-refractivity contribution in [2.45, 2.75) is 13.0 Å². The van der Waals surface area contributed by atoms with E-state index in [4.69, 9.17) is 23.2 Å². The SMILES string of the molecule is C[C@@H](O)c1cccc(NC(=O)Nc2ccc(Cl)c(Cl)c2)c1. The number of hydrogen-bond donors (Lipinski definition) is 3.